The van der Waals surface area contributed by atoms with E-state index in [2.05, 4.69) is 27.2 Å². The maximum Gasteiger partial charge on any atom is 0.509 e. The van der Waals surface area contributed by atoms with Crippen molar-refractivity contribution in [2.24, 2.45) is 0 Å². The molecule has 0 saturated carbocycles. The number of nitrogens with one attached hydrogen (secondary N) is 2. The molecule has 6 heteroatoms. The number of carbonyl (C=O) groups is 2. The first-order valence-corrected chi connectivity index (χ1v) is 4.60. The summed E-state index contributed by atoms with van der Waals surface area (Å²) in [6, 6.07) is 0. The van der Waals surface area contributed by atoms with Crippen LogP contribution in [-0.4, -0.2) is 31.3 Å². The van der Waals surface area contributed by atoms with E-state index in [0.29, 0.717) is 6.54 Å². The van der Waals surface area contributed by atoms with Crippen LogP contribution in [0.15, 0.2) is 0 Å². The number of hydrazine groups is 1. The molecule has 0 radical (unpaired) electrons. The molecular formula is C8H14N2O4. The third kappa shape index (κ3) is 3.21. The Labute approximate surface area is 81.9 Å². The van der Waals surface area contributed by atoms with Crippen molar-refractivity contribution >= 4 is 12.1 Å². The van der Waals surface area contributed by atoms with Crippen molar-refractivity contribution in [3.05, 3.63) is 0 Å². The zero-order valence-electron chi connectivity index (χ0n) is 8.04. The van der Waals surface area contributed by atoms with E-state index in [4.69, 9.17) is 0 Å². The monoisotopic (exact) mass is 202 g/mol. The fourth-order valence-electron chi connectivity index (χ4n) is 0.952. The highest BCUT2D eigenvalue weighted by molar-refractivity contribution is 5.83. The zero-order chi connectivity index (χ0) is 10.4. The predicted octanol–water partition coefficient (Wildman–Crippen LogP) is -0.0573. The van der Waals surface area contributed by atoms with E-state index in [9.17, 15) is 9.59 Å². The van der Waals surface area contributed by atoms with Crippen molar-refractivity contribution in [2.45, 2.75) is 25.9 Å². The molecule has 2 N–H and O–H groups in total. The van der Waals surface area contributed by atoms with Crippen molar-refractivity contribution in [1.82, 2.24) is 10.9 Å². The summed E-state index contributed by atoms with van der Waals surface area (Å²) in [4.78, 5) is 21.7. The molecule has 1 atom stereocenters. The van der Waals surface area contributed by atoms with Gasteiger partial charge >= 0.3 is 6.16 Å². The first-order valence-electron chi connectivity index (χ1n) is 4.60. The van der Waals surface area contributed by atoms with Gasteiger partial charge in [0.25, 0.3) is 5.91 Å². The largest absolute Gasteiger partial charge is 0.509 e. The summed E-state index contributed by atoms with van der Waals surface area (Å²) in [5.41, 5.74) is 5.17. The lowest BCUT2D eigenvalue weighted by molar-refractivity contribution is -0.128. The van der Waals surface area contributed by atoms with Gasteiger partial charge in [-0.1, -0.05) is 13.3 Å². The summed E-state index contributed by atoms with van der Waals surface area (Å²) in [5, 5.41) is 0. The number of hydrogen-bond acceptors (Lipinski definition) is 5. The highest BCUT2D eigenvalue weighted by Crippen LogP contribution is 2.05. The maximum absolute atomic E-state index is 11.2. The number of carbonyl (C=O) groups excluding carboxylic acids is 2. The fraction of sp³-hybridized carbons (Fsp3) is 0.750. The predicted molar refractivity (Wildman–Crippen MR) is 47.3 cm³/mol. The molecule has 1 heterocycles. The zero-order valence-corrected chi connectivity index (χ0v) is 8.04. The molecule has 0 aliphatic carbocycles. The Balaban J connectivity index is 2.12. The maximum atomic E-state index is 11.2. The van der Waals surface area contributed by atoms with Gasteiger partial charge in [0.15, 0.2) is 0 Å². The summed E-state index contributed by atoms with van der Waals surface area (Å²) in [7, 11) is 0. The summed E-state index contributed by atoms with van der Waals surface area (Å²) < 4.78 is 9.03. The third-order valence-electron chi connectivity index (χ3n) is 1.75. The van der Waals surface area contributed by atoms with Gasteiger partial charge < -0.3 is 9.47 Å². The Morgan fingerprint density at radius 3 is 3.00 bits per heavy atom. The minimum absolute atomic E-state index is 0.0138. The van der Waals surface area contributed by atoms with E-state index >= 15 is 0 Å². The molecule has 1 amide bonds. The highest BCUT2D eigenvalue weighted by atomic mass is 16.8. The second-order valence-corrected chi connectivity index (χ2v) is 2.94. The Morgan fingerprint density at radius 2 is 2.43 bits per heavy atom. The van der Waals surface area contributed by atoms with E-state index in [1.54, 1.807) is 0 Å². The second-order valence-electron chi connectivity index (χ2n) is 2.94. The second kappa shape index (κ2) is 5.43. The normalized spacial score (nSPS) is 20.1. The van der Waals surface area contributed by atoms with E-state index in [-0.39, 0.29) is 12.5 Å². The Morgan fingerprint density at radius 1 is 1.64 bits per heavy atom. The van der Waals surface area contributed by atoms with Gasteiger partial charge in [-0.15, -0.1) is 0 Å². The van der Waals surface area contributed by atoms with E-state index in [1.807, 2.05) is 0 Å². The molecule has 0 bridgehead atoms. The fourth-order valence-corrected chi connectivity index (χ4v) is 0.952. The molecule has 1 unspecified atom stereocenters. The molecule has 1 aliphatic rings. The van der Waals surface area contributed by atoms with Crippen LogP contribution in [0.4, 0.5) is 4.79 Å². The lowest BCUT2D eigenvalue weighted by Crippen LogP contribution is -2.44. The number of cyclic esters (lactones) is 2. The molecule has 6 nitrogen and oxygen atoms in total. The third-order valence-corrected chi connectivity index (χ3v) is 1.75. The number of amides is 1. The number of rotatable bonds is 5. The van der Waals surface area contributed by atoms with Crippen molar-refractivity contribution in [3.63, 3.8) is 0 Å². The number of unbranched alkanes of at least 4 members (excludes halogenated alkanes) is 1. The van der Waals surface area contributed by atoms with E-state index in [1.165, 1.54) is 0 Å². The highest BCUT2D eigenvalue weighted by Gasteiger charge is 2.31. The van der Waals surface area contributed by atoms with Gasteiger partial charge in [-0.2, -0.15) is 0 Å². The molecule has 1 aliphatic heterocycles. The Bertz CT molecular complexity index is 219. The van der Waals surface area contributed by atoms with Gasteiger partial charge in [-0.25, -0.2) is 10.2 Å². The van der Waals surface area contributed by atoms with Crippen LogP contribution < -0.4 is 10.9 Å². The van der Waals surface area contributed by atoms with Crippen molar-refractivity contribution in [1.29, 1.82) is 0 Å². The first-order chi connectivity index (χ1) is 6.74. The Hall–Kier alpha value is -1.30. The minimum atomic E-state index is -0.823. The number of hydrogen-bond donors (Lipinski definition) is 2. The molecule has 0 aromatic heterocycles. The minimum Gasteiger partial charge on any atom is -0.430 e. The first kappa shape index (κ1) is 10.8. The Kier molecular flexibility index (Phi) is 4.18. The summed E-state index contributed by atoms with van der Waals surface area (Å²) in [6.45, 7) is 2.74. The lowest BCUT2D eigenvalue weighted by atomic mass is 10.3. The van der Waals surface area contributed by atoms with Crippen molar-refractivity contribution in [3.8, 4) is 0 Å². The average Bonchev–Trinajstić information content (AvgIpc) is 2.59. The van der Waals surface area contributed by atoms with Gasteiger partial charge in [-0.05, 0) is 6.42 Å². The van der Waals surface area contributed by atoms with E-state index in [0.717, 1.165) is 12.8 Å². The van der Waals surface area contributed by atoms with Gasteiger partial charge in [0, 0.05) is 6.54 Å². The molecule has 0 aromatic carbocycles. The number of ether oxygens (including phenoxy) is 2. The molecule has 0 spiro atoms. The topological polar surface area (TPSA) is 76.7 Å². The van der Waals surface area contributed by atoms with Crippen LogP contribution in [0.5, 0.6) is 0 Å². The molecule has 14 heavy (non-hydrogen) atoms. The average molecular weight is 202 g/mol. The molecular weight excluding hydrogens is 188 g/mol. The van der Waals surface area contributed by atoms with Gasteiger partial charge in [0.05, 0.1) is 0 Å². The van der Waals surface area contributed by atoms with Crippen molar-refractivity contribution < 1.29 is 19.1 Å². The molecule has 80 valence electrons. The van der Waals surface area contributed by atoms with Gasteiger partial charge in [0.2, 0.25) is 6.10 Å². The van der Waals surface area contributed by atoms with Crippen LogP contribution in [0.2, 0.25) is 0 Å². The summed E-state index contributed by atoms with van der Waals surface area (Å²) in [5.74, 6) is -0.382. The van der Waals surface area contributed by atoms with E-state index < -0.39 is 12.3 Å². The van der Waals surface area contributed by atoms with Crippen LogP contribution in [0.1, 0.15) is 19.8 Å². The lowest BCUT2D eigenvalue weighted by Gasteiger charge is -2.08. The molecule has 1 fully saturated rings. The summed E-state index contributed by atoms with van der Waals surface area (Å²) in [6.07, 6.45) is 0.404. The molecule has 1 saturated heterocycles. The van der Waals surface area contributed by atoms with Crippen LogP contribution >= 0.6 is 0 Å². The smallest absolute Gasteiger partial charge is 0.430 e. The van der Waals surface area contributed by atoms with Gasteiger partial charge in [-0.3, -0.25) is 10.2 Å². The van der Waals surface area contributed by atoms with Crippen LogP contribution in [0.3, 0.4) is 0 Å². The molecule has 1 rings (SSSR count). The molecule has 0 aromatic rings. The van der Waals surface area contributed by atoms with Crippen LogP contribution in [0.25, 0.3) is 0 Å². The quantitative estimate of drug-likeness (QED) is 0.371. The van der Waals surface area contributed by atoms with Gasteiger partial charge in [0.1, 0.15) is 6.61 Å². The van der Waals surface area contributed by atoms with Crippen LogP contribution in [-0.2, 0) is 14.3 Å². The SMILES string of the molecule is CCCCNNC(=O)C1COC(=O)O1. The van der Waals surface area contributed by atoms with Crippen molar-refractivity contribution in [2.75, 3.05) is 13.2 Å². The van der Waals surface area contributed by atoms with Crippen LogP contribution in [0, 0.1) is 0 Å². The summed E-state index contributed by atoms with van der Waals surface area (Å²) >= 11 is 0. The standard InChI is InChI=1S/C8H14N2O4/c1-2-3-4-9-10-7(11)6-5-13-8(12)14-6/h6,9H,2-5H2,1H3,(H,10,11).